The SMILES string of the molecule is O=C(O)C1(S(=O)(=O)c2cc(F)ccc2F)CC2(CCC2)C1. The van der Waals surface area contributed by atoms with Crippen LogP contribution in [0.5, 0.6) is 0 Å². The van der Waals surface area contributed by atoms with E-state index in [9.17, 15) is 27.1 Å². The predicted octanol–water partition coefficient (Wildman–Crippen LogP) is 2.53. The fourth-order valence-corrected chi connectivity index (χ4v) is 5.78. The van der Waals surface area contributed by atoms with E-state index in [1.807, 2.05) is 0 Å². The number of hydrogen-bond acceptors (Lipinski definition) is 3. The van der Waals surface area contributed by atoms with Crippen molar-refractivity contribution >= 4 is 15.8 Å². The molecule has 0 aliphatic heterocycles. The van der Waals surface area contributed by atoms with Crippen molar-refractivity contribution in [3.8, 4) is 0 Å². The number of sulfone groups is 1. The number of carboxylic acid groups (broad SMARTS) is 1. The molecule has 0 atom stereocenters. The van der Waals surface area contributed by atoms with Gasteiger partial charge in [0.15, 0.2) is 14.6 Å². The van der Waals surface area contributed by atoms with Crippen molar-refractivity contribution in [3.05, 3.63) is 29.8 Å². The molecule has 21 heavy (non-hydrogen) atoms. The molecular formula is C14H14F2O4S. The second-order valence-electron chi connectivity index (χ2n) is 6.08. The Morgan fingerprint density at radius 2 is 1.81 bits per heavy atom. The topological polar surface area (TPSA) is 71.4 Å². The standard InChI is InChI=1S/C14H14F2O4S/c15-9-2-3-10(16)11(6-9)21(19,20)14(12(17)18)7-13(8-14)4-1-5-13/h2-3,6H,1,4-5,7-8H2,(H,17,18). The molecule has 0 amide bonds. The molecule has 0 heterocycles. The van der Waals surface area contributed by atoms with Crippen LogP contribution in [-0.2, 0) is 14.6 Å². The minimum absolute atomic E-state index is 0.0202. The van der Waals surface area contributed by atoms with Crippen molar-refractivity contribution in [2.45, 2.75) is 41.7 Å². The first-order valence-corrected chi connectivity index (χ1v) is 8.14. The monoisotopic (exact) mass is 316 g/mol. The maximum absolute atomic E-state index is 13.8. The molecule has 0 bridgehead atoms. The summed E-state index contributed by atoms with van der Waals surface area (Å²) in [5, 5.41) is 9.40. The molecule has 0 unspecified atom stereocenters. The largest absolute Gasteiger partial charge is 0.480 e. The zero-order valence-corrected chi connectivity index (χ0v) is 11.9. The Morgan fingerprint density at radius 3 is 2.29 bits per heavy atom. The lowest BCUT2D eigenvalue weighted by atomic mass is 9.51. The van der Waals surface area contributed by atoms with Crippen LogP contribution in [0.15, 0.2) is 23.1 Å². The van der Waals surface area contributed by atoms with Crippen molar-refractivity contribution in [2.24, 2.45) is 5.41 Å². The van der Waals surface area contributed by atoms with Gasteiger partial charge in [-0.3, -0.25) is 4.79 Å². The third kappa shape index (κ3) is 1.83. The zero-order chi connectivity index (χ0) is 15.5. The molecule has 1 aromatic carbocycles. The van der Waals surface area contributed by atoms with Gasteiger partial charge in [0.05, 0.1) is 0 Å². The first-order valence-electron chi connectivity index (χ1n) is 6.66. The Labute approximate surface area is 120 Å². The molecule has 114 valence electrons. The van der Waals surface area contributed by atoms with Crippen molar-refractivity contribution in [1.29, 1.82) is 0 Å². The Morgan fingerprint density at radius 1 is 1.19 bits per heavy atom. The minimum Gasteiger partial charge on any atom is -0.480 e. The highest BCUT2D eigenvalue weighted by atomic mass is 32.2. The van der Waals surface area contributed by atoms with Crippen LogP contribution in [0.1, 0.15) is 32.1 Å². The maximum atomic E-state index is 13.8. The van der Waals surface area contributed by atoms with E-state index < -0.39 is 37.1 Å². The van der Waals surface area contributed by atoms with Crippen LogP contribution in [0.3, 0.4) is 0 Å². The highest BCUT2D eigenvalue weighted by molar-refractivity contribution is 7.93. The third-order valence-corrected chi connectivity index (χ3v) is 7.21. The third-order valence-electron chi connectivity index (χ3n) is 4.82. The van der Waals surface area contributed by atoms with Gasteiger partial charge in [-0.15, -0.1) is 0 Å². The van der Waals surface area contributed by atoms with Gasteiger partial charge in [0.1, 0.15) is 16.5 Å². The van der Waals surface area contributed by atoms with E-state index in [0.717, 1.165) is 25.3 Å². The molecular weight excluding hydrogens is 302 g/mol. The smallest absolute Gasteiger partial charge is 0.325 e. The van der Waals surface area contributed by atoms with E-state index in [0.29, 0.717) is 12.1 Å². The number of benzene rings is 1. The molecule has 0 aromatic heterocycles. The summed E-state index contributed by atoms with van der Waals surface area (Å²) >= 11 is 0. The summed E-state index contributed by atoms with van der Waals surface area (Å²) in [6, 6.07) is 2.06. The number of halogens is 2. The quantitative estimate of drug-likeness (QED) is 0.930. The van der Waals surface area contributed by atoms with Gasteiger partial charge in [-0.05, 0) is 49.3 Å². The normalized spacial score (nSPS) is 22.4. The molecule has 1 spiro atoms. The van der Waals surface area contributed by atoms with Crippen molar-refractivity contribution in [1.82, 2.24) is 0 Å². The van der Waals surface area contributed by atoms with Gasteiger partial charge >= 0.3 is 5.97 Å². The summed E-state index contributed by atoms with van der Waals surface area (Å²) in [5.74, 6) is -3.51. The fraction of sp³-hybridized carbons (Fsp3) is 0.500. The van der Waals surface area contributed by atoms with Crippen LogP contribution in [0.25, 0.3) is 0 Å². The van der Waals surface area contributed by atoms with E-state index >= 15 is 0 Å². The van der Waals surface area contributed by atoms with Crippen molar-refractivity contribution in [2.75, 3.05) is 0 Å². The predicted molar refractivity (Wildman–Crippen MR) is 69.4 cm³/mol. The Bertz CT molecular complexity index is 714. The zero-order valence-electron chi connectivity index (χ0n) is 11.1. The molecule has 0 radical (unpaired) electrons. The van der Waals surface area contributed by atoms with Crippen LogP contribution in [0.4, 0.5) is 8.78 Å². The molecule has 0 saturated heterocycles. The van der Waals surface area contributed by atoms with Gasteiger partial charge in [0.25, 0.3) is 0 Å². The molecule has 3 rings (SSSR count). The first-order chi connectivity index (χ1) is 9.72. The minimum atomic E-state index is -4.48. The van der Waals surface area contributed by atoms with Crippen LogP contribution in [0, 0.1) is 17.0 Å². The second kappa shape index (κ2) is 4.25. The molecule has 2 aliphatic rings. The van der Waals surface area contributed by atoms with E-state index in [1.54, 1.807) is 0 Å². The summed E-state index contributed by atoms with van der Waals surface area (Å²) in [5.41, 5.74) is -0.241. The maximum Gasteiger partial charge on any atom is 0.325 e. The van der Waals surface area contributed by atoms with E-state index in [-0.39, 0.29) is 18.3 Å². The van der Waals surface area contributed by atoms with E-state index in [1.165, 1.54) is 0 Å². The van der Waals surface area contributed by atoms with Crippen LogP contribution in [0.2, 0.25) is 0 Å². The first kappa shape index (κ1) is 14.4. The average Bonchev–Trinajstić information content (AvgIpc) is 2.28. The number of carbonyl (C=O) groups is 1. The number of rotatable bonds is 3. The summed E-state index contributed by atoms with van der Waals surface area (Å²) in [6.07, 6.45) is 2.50. The summed E-state index contributed by atoms with van der Waals surface area (Å²) in [6.45, 7) is 0. The van der Waals surface area contributed by atoms with Gasteiger partial charge in [-0.25, -0.2) is 17.2 Å². The lowest BCUT2D eigenvalue weighted by Crippen LogP contribution is -2.63. The van der Waals surface area contributed by atoms with Crippen molar-refractivity contribution in [3.63, 3.8) is 0 Å². The fourth-order valence-electron chi connectivity index (χ4n) is 3.54. The lowest BCUT2D eigenvalue weighted by molar-refractivity contribution is -0.150. The summed E-state index contributed by atoms with van der Waals surface area (Å²) < 4.78 is 50.2. The molecule has 1 N–H and O–H groups in total. The lowest BCUT2D eigenvalue weighted by Gasteiger charge is -2.58. The number of carboxylic acids is 1. The Balaban J connectivity index is 2.07. The molecule has 7 heteroatoms. The second-order valence-corrected chi connectivity index (χ2v) is 8.31. The number of aliphatic carboxylic acids is 1. The molecule has 4 nitrogen and oxygen atoms in total. The Hall–Kier alpha value is -1.50. The van der Waals surface area contributed by atoms with Gasteiger partial charge < -0.3 is 5.11 Å². The van der Waals surface area contributed by atoms with Gasteiger partial charge in [-0.2, -0.15) is 0 Å². The van der Waals surface area contributed by atoms with Gasteiger partial charge in [0.2, 0.25) is 0 Å². The molecule has 1 aromatic rings. The highest BCUT2D eigenvalue weighted by Crippen LogP contribution is 2.64. The van der Waals surface area contributed by atoms with Crippen molar-refractivity contribution < 1.29 is 27.1 Å². The van der Waals surface area contributed by atoms with Crippen LogP contribution < -0.4 is 0 Å². The highest BCUT2D eigenvalue weighted by Gasteiger charge is 2.68. The molecule has 2 fully saturated rings. The van der Waals surface area contributed by atoms with Crippen LogP contribution >= 0.6 is 0 Å². The summed E-state index contributed by atoms with van der Waals surface area (Å²) in [7, 11) is -4.48. The summed E-state index contributed by atoms with van der Waals surface area (Å²) in [4.78, 5) is 10.7. The van der Waals surface area contributed by atoms with Crippen LogP contribution in [-0.4, -0.2) is 24.2 Å². The van der Waals surface area contributed by atoms with Gasteiger partial charge in [0, 0.05) is 0 Å². The number of hydrogen-bond donors (Lipinski definition) is 1. The van der Waals surface area contributed by atoms with E-state index in [2.05, 4.69) is 0 Å². The average molecular weight is 316 g/mol. The molecule has 2 aliphatic carbocycles. The van der Waals surface area contributed by atoms with E-state index in [4.69, 9.17) is 0 Å². The van der Waals surface area contributed by atoms with Gasteiger partial charge in [-0.1, -0.05) is 6.42 Å². The Kier molecular flexibility index (Phi) is 2.92. The molecule has 2 saturated carbocycles.